The first kappa shape index (κ1) is 13.2. The molecule has 3 rings (SSSR count). The molecule has 106 valence electrons. The molecule has 0 saturated heterocycles. The zero-order valence-corrected chi connectivity index (χ0v) is 11.9. The fourth-order valence-corrected chi connectivity index (χ4v) is 2.13. The highest BCUT2D eigenvalue weighted by atomic mass is 16.5. The number of aromatic nitrogens is 2. The molecule has 1 N–H and O–H groups in total. The predicted molar refractivity (Wildman–Crippen MR) is 83.9 cm³/mol. The lowest BCUT2D eigenvalue weighted by Crippen LogP contribution is -2.00. The molecule has 0 aliphatic heterocycles. The average Bonchev–Trinajstić information content (AvgIpc) is 3.08. The average molecular weight is 279 g/mol. The van der Waals surface area contributed by atoms with E-state index in [2.05, 4.69) is 34.7 Å². The van der Waals surface area contributed by atoms with Crippen LogP contribution in [0.2, 0.25) is 0 Å². The topological polar surface area (TPSA) is 39.1 Å². The second-order valence-corrected chi connectivity index (χ2v) is 4.70. The van der Waals surface area contributed by atoms with E-state index >= 15 is 0 Å². The molecular weight excluding hydrogens is 262 g/mol. The molecule has 4 heteroatoms. The fourth-order valence-electron chi connectivity index (χ4n) is 2.13. The summed E-state index contributed by atoms with van der Waals surface area (Å²) in [6, 6.07) is 18.2. The summed E-state index contributed by atoms with van der Waals surface area (Å²) in [6.45, 7) is 0.770. The molecule has 1 aromatic heterocycles. The monoisotopic (exact) mass is 279 g/mol. The Morgan fingerprint density at radius 2 is 1.95 bits per heavy atom. The Bertz CT molecular complexity index is 690. The third-order valence-corrected chi connectivity index (χ3v) is 3.27. The Morgan fingerprint density at radius 1 is 1.10 bits per heavy atom. The second-order valence-electron chi connectivity index (χ2n) is 4.70. The lowest BCUT2D eigenvalue weighted by atomic mass is 10.2. The van der Waals surface area contributed by atoms with Gasteiger partial charge in [0.2, 0.25) is 0 Å². The van der Waals surface area contributed by atoms with Gasteiger partial charge in [-0.1, -0.05) is 18.2 Å². The normalized spacial score (nSPS) is 10.3. The first-order valence-electron chi connectivity index (χ1n) is 6.82. The van der Waals surface area contributed by atoms with E-state index in [1.54, 1.807) is 13.3 Å². The number of rotatable bonds is 5. The van der Waals surface area contributed by atoms with Crippen molar-refractivity contribution in [3.63, 3.8) is 0 Å². The van der Waals surface area contributed by atoms with E-state index in [0.29, 0.717) is 0 Å². The van der Waals surface area contributed by atoms with Crippen LogP contribution in [0.1, 0.15) is 5.56 Å². The van der Waals surface area contributed by atoms with E-state index in [4.69, 9.17) is 4.74 Å². The number of ether oxygens (including phenoxy) is 1. The van der Waals surface area contributed by atoms with Crippen LogP contribution in [0, 0.1) is 0 Å². The summed E-state index contributed by atoms with van der Waals surface area (Å²) >= 11 is 0. The van der Waals surface area contributed by atoms with Crippen molar-refractivity contribution in [2.75, 3.05) is 12.4 Å². The third-order valence-electron chi connectivity index (χ3n) is 3.27. The Balaban J connectivity index is 1.65. The minimum atomic E-state index is 0.770. The molecular formula is C17H17N3O. The maximum absolute atomic E-state index is 5.21. The summed E-state index contributed by atoms with van der Waals surface area (Å²) in [5.41, 5.74) is 3.32. The Kier molecular flexibility index (Phi) is 3.87. The van der Waals surface area contributed by atoms with Gasteiger partial charge in [-0.3, -0.25) is 0 Å². The van der Waals surface area contributed by atoms with Crippen LogP contribution in [0.4, 0.5) is 5.69 Å². The first-order chi connectivity index (χ1) is 10.3. The van der Waals surface area contributed by atoms with Gasteiger partial charge < -0.3 is 10.1 Å². The van der Waals surface area contributed by atoms with E-state index in [0.717, 1.165) is 23.7 Å². The molecule has 0 bridgehead atoms. The largest absolute Gasteiger partial charge is 0.497 e. The van der Waals surface area contributed by atoms with Crippen molar-refractivity contribution in [1.82, 2.24) is 9.78 Å². The number of benzene rings is 2. The van der Waals surface area contributed by atoms with Gasteiger partial charge in [0.1, 0.15) is 5.75 Å². The van der Waals surface area contributed by atoms with E-state index in [1.807, 2.05) is 41.2 Å². The van der Waals surface area contributed by atoms with Crippen LogP contribution < -0.4 is 10.1 Å². The first-order valence-corrected chi connectivity index (χ1v) is 6.82. The molecule has 0 amide bonds. The van der Waals surface area contributed by atoms with Gasteiger partial charge >= 0.3 is 0 Å². The van der Waals surface area contributed by atoms with E-state index in [-0.39, 0.29) is 0 Å². The van der Waals surface area contributed by atoms with Crippen LogP contribution in [0.25, 0.3) is 5.69 Å². The van der Waals surface area contributed by atoms with E-state index in [1.165, 1.54) is 5.56 Å². The summed E-state index contributed by atoms with van der Waals surface area (Å²) in [5.74, 6) is 0.856. The van der Waals surface area contributed by atoms with Crippen LogP contribution in [-0.2, 0) is 6.54 Å². The molecule has 0 spiro atoms. The summed E-state index contributed by atoms with van der Waals surface area (Å²) < 4.78 is 7.06. The van der Waals surface area contributed by atoms with Crippen molar-refractivity contribution >= 4 is 5.69 Å². The minimum absolute atomic E-state index is 0.770. The molecule has 0 aliphatic rings. The molecule has 3 aromatic rings. The van der Waals surface area contributed by atoms with Gasteiger partial charge in [-0.25, -0.2) is 4.68 Å². The van der Waals surface area contributed by atoms with Gasteiger partial charge in [-0.05, 0) is 35.9 Å². The Morgan fingerprint density at radius 3 is 2.67 bits per heavy atom. The summed E-state index contributed by atoms with van der Waals surface area (Å²) in [7, 11) is 1.67. The number of hydrogen-bond acceptors (Lipinski definition) is 3. The van der Waals surface area contributed by atoms with Crippen molar-refractivity contribution in [1.29, 1.82) is 0 Å². The van der Waals surface area contributed by atoms with E-state index < -0.39 is 0 Å². The number of hydrogen-bond donors (Lipinski definition) is 1. The highest BCUT2D eigenvalue weighted by Gasteiger charge is 1.99. The van der Waals surface area contributed by atoms with Gasteiger partial charge in [0, 0.05) is 30.7 Å². The lowest BCUT2D eigenvalue weighted by molar-refractivity contribution is 0.415. The molecule has 4 nitrogen and oxygen atoms in total. The molecule has 0 radical (unpaired) electrons. The Labute approximate surface area is 124 Å². The third kappa shape index (κ3) is 3.23. The highest BCUT2D eigenvalue weighted by molar-refractivity contribution is 5.48. The maximum Gasteiger partial charge on any atom is 0.120 e. The van der Waals surface area contributed by atoms with Gasteiger partial charge in [0.05, 0.1) is 12.8 Å². The number of anilines is 1. The standard InChI is InChI=1S/C17H17N3O/c1-21-17-5-2-4-15(12-17)18-13-14-6-8-16(9-7-14)20-11-3-10-19-20/h2-12,18H,13H2,1H3. The van der Waals surface area contributed by atoms with E-state index in [9.17, 15) is 0 Å². The van der Waals surface area contributed by atoms with Crippen LogP contribution in [0.5, 0.6) is 5.75 Å². The van der Waals surface area contributed by atoms with Crippen molar-refractivity contribution in [2.24, 2.45) is 0 Å². The smallest absolute Gasteiger partial charge is 0.120 e. The molecule has 0 unspecified atom stereocenters. The molecule has 2 aromatic carbocycles. The second kappa shape index (κ2) is 6.13. The molecule has 21 heavy (non-hydrogen) atoms. The van der Waals surface area contributed by atoms with Crippen LogP contribution in [0.15, 0.2) is 67.0 Å². The van der Waals surface area contributed by atoms with Gasteiger partial charge in [0.15, 0.2) is 0 Å². The zero-order valence-electron chi connectivity index (χ0n) is 11.9. The van der Waals surface area contributed by atoms with Gasteiger partial charge in [-0.2, -0.15) is 5.10 Å². The highest BCUT2D eigenvalue weighted by Crippen LogP contribution is 2.17. The van der Waals surface area contributed by atoms with Crippen molar-refractivity contribution in [2.45, 2.75) is 6.54 Å². The molecule has 0 saturated carbocycles. The summed E-state index contributed by atoms with van der Waals surface area (Å²) in [5, 5.41) is 7.60. The summed E-state index contributed by atoms with van der Waals surface area (Å²) in [6.07, 6.45) is 3.71. The SMILES string of the molecule is COc1cccc(NCc2ccc(-n3cccn3)cc2)c1. The lowest BCUT2D eigenvalue weighted by Gasteiger charge is -2.09. The van der Waals surface area contributed by atoms with Crippen LogP contribution >= 0.6 is 0 Å². The summed E-state index contributed by atoms with van der Waals surface area (Å²) in [4.78, 5) is 0. The molecule has 0 atom stereocenters. The number of methoxy groups -OCH3 is 1. The molecule has 0 fully saturated rings. The zero-order chi connectivity index (χ0) is 14.5. The number of nitrogens with one attached hydrogen (secondary N) is 1. The van der Waals surface area contributed by atoms with Gasteiger partial charge in [-0.15, -0.1) is 0 Å². The predicted octanol–water partition coefficient (Wildman–Crippen LogP) is 3.49. The van der Waals surface area contributed by atoms with Crippen LogP contribution in [0.3, 0.4) is 0 Å². The maximum atomic E-state index is 5.21. The van der Waals surface area contributed by atoms with Crippen LogP contribution in [-0.4, -0.2) is 16.9 Å². The number of nitrogens with zero attached hydrogens (tertiary/aromatic N) is 2. The molecule has 1 heterocycles. The van der Waals surface area contributed by atoms with Crippen molar-refractivity contribution in [3.8, 4) is 11.4 Å². The fraction of sp³-hybridized carbons (Fsp3) is 0.118. The Hall–Kier alpha value is -2.75. The minimum Gasteiger partial charge on any atom is -0.497 e. The molecule has 0 aliphatic carbocycles. The quantitative estimate of drug-likeness (QED) is 0.777. The van der Waals surface area contributed by atoms with Crippen molar-refractivity contribution in [3.05, 3.63) is 72.6 Å². The van der Waals surface area contributed by atoms with Crippen molar-refractivity contribution < 1.29 is 4.74 Å². The van der Waals surface area contributed by atoms with Gasteiger partial charge in [0.25, 0.3) is 0 Å².